The summed E-state index contributed by atoms with van der Waals surface area (Å²) in [6, 6.07) is 17.2. The topological polar surface area (TPSA) is 94.9 Å². The number of Topliss-reactive ketones (excluding diaryl/α,β-unsaturated/α-hetero) is 1. The van der Waals surface area contributed by atoms with Gasteiger partial charge < -0.3 is 14.0 Å². The maximum absolute atomic E-state index is 12.6. The lowest BCUT2D eigenvalue weighted by Crippen LogP contribution is -2.07. The van der Waals surface area contributed by atoms with Crippen LogP contribution in [-0.2, 0) is 6.61 Å². The van der Waals surface area contributed by atoms with Gasteiger partial charge in [-0.05, 0) is 42.0 Å². The van der Waals surface area contributed by atoms with Gasteiger partial charge in [0.05, 0.1) is 12.8 Å². The van der Waals surface area contributed by atoms with Crippen LogP contribution in [-0.4, -0.2) is 38.1 Å². The van der Waals surface area contributed by atoms with Gasteiger partial charge >= 0.3 is 0 Å². The number of ketones is 1. The van der Waals surface area contributed by atoms with Crippen LogP contribution in [0.4, 0.5) is 0 Å². The van der Waals surface area contributed by atoms with Crippen LogP contribution < -0.4 is 9.47 Å². The SMILES string of the molecule is COc1ccc(-n2c(C(C)=O)c(C)c(OCc3ccccc3)c2-c2nn[nH]n2)cc1. The second-order valence-corrected chi connectivity index (χ2v) is 6.75. The van der Waals surface area contributed by atoms with Crippen LogP contribution in [0.5, 0.6) is 11.5 Å². The molecule has 152 valence electrons. The normalized spacial score (nSPS) is 10.8. The van der Waals surface area contributed by atoms with Crippen molar-refractivity contribution in [3.63, 3.8) is 0 Å². The molecule has 0 saturated carbocycles. The number of benzene rings is 2. The Labute approximate surface area is 173 Å². The standard InChI is InChI=1S/C22H21N5O3/c1-14-19(15(2)28)27(17-9-11-18(29-3)12-10-17)20(22-23-25-26-24-22)21(14)30-13-16-7-5-4-6-8-16/h4-12H,13H2,1-3H3,(H,23,24,25,26). The molecule has 8 nitrogen and oxygen atoms in total. The lowest BCUT2D eigenvalue weighted by molar-refractivity contribution is 0.101. The first kappa shape index (κ1) is 19.4. The largest absolute Gasteiger partial charge is 0.497 e. The summed E-state index contributed by atoms with van der Waals surface area (Å²) in [5, 5.41) is 14.5. The number of aromatic amines is 1. The minimum atomic E-state index is -0.0948. The van der Waals surface area contributed by atoms with E-state index in [0.717, 1.165) is 11.3 Å². The molecule has 0 bridgehead atoms. The number of hydrogen-bond donors (Lipinski definition) is 1. The number of ether oxygens (including phenoxy) is 2. The van der Waals surface area contributed by atoms with E-state index in [9.17, 15) is 4.79 Å². The number of rotatable bonds is 7. The Morgan fingerprint density at radius 2 is 1.83 bits per heavy atom. The van der Waals surface area contributed by atoms with Crippen LogP contribution in [0.25, 0.3) is 17.2 Å². The Kier molecular flexibility index (Phi) is 5.30. The minimum Gasteiger partial charge on any atom is -0.497 e. The van der Waals surface area contributed by atoms with Gasteiger partial charge in [0.1, 0.15) is 18.1 Å². The fraction of sp³-hybridized carbons (Fsp3) is 0.182. The number of carbonyl (C=O) groups is 1. The molecule has 0 unspecified atom stereocenters. The Bertz CT molecular complexity index is 1150. The second kappa shape index (κ2) is 8.20. The van der Waals surface area contributed by atoms with E-state index in [1.165, 1.54) is 6.92 Å². The van der Waals surface area contributed by atoms with E-state index >= 15 is 0 Å². The highest BCUT2D eigenvalue weighted by molar-refractivity contribution is 5.97. The predicted octanol–water partition coefficient (Wildman–Crippen LogP) is 3.76. The monoisotopic (exact) mass is 403 g/mol. The third-order valence-electron chi connectivity index (χ3n) is 4.81. The van der Waals surface area contributed by atoms with Gasteiger partial charge in [0.25, 0.3) is 0 Å². The second-order valence-electron chi connectivity index (χ2n) is 6.75. The number of tetrazole rings is 1. The predicted molar refractivity (Wildman–Crippen MR) is 111 cm³/mol. The van der Waals surface area contributed by atoms with Crippen LogP contribution in [0.2, 0.25) is 0 Å². The van der Waals surface area contributed by atoms with Gasteiger partial charge in [-0.1, -0.05) is 30.3 Å². The average Bonchev–Trinajstić information content (AvgIpc) is 3.39. The van der Waals surface area contributed by atoms with Crippen molar-refractivity contribution in [3.8, 4) is 28.7 Å². The molecule has 0 atom stereocenters. The Balaban J connectivity index is 1.90. The molecule has 4 aromatic rings. The molecule has 4 rings (SSSR count). The van der Waals surface area contributed by atoms with Crippen molar-refractivity contribution in [1.82, 2.24) is 25.2 Å². The highest BCUT2D eigenvalue weighted by Crippen LogP contribution is 2.39. The van der Waals surface area contributed by atoms with E-state index in [-0.39, 0.29) is 5.78 Å². The fourth-order valence-electron chi connectivity index (χ4n) is 3.45. The maximum Gasteiger partial charge on any atom is 0.225 e. The number of nitrogens with zero attached hydrogens (tertiary/aromatic N) is 4. The van der Waals surface area contributed by atoms with Gasteiger partial charge in [-0.25, -0.2) is 0 Å². The summed E-state index contributed by atoms with van der Waals surface area (Å²) in [7, 11) is 1.61. The lowest BCUT2D eigenvalue weighted by atomic mass is 10.2. The molecule has 0 saturated heterocycles. The molecule has 0 radical (unpaired) electrons. The zero-order valence-corrected chi connectivity index (χ0v) is 16.9. The van der Waals surface area contributed by atoms with Crippen molar-refractivity contribution in [2.45, 2.75) is 20.5 Å². The van der Waals surface area contributed by atoms with E-state index in [1.807, 2.05) is 66.1 Å². The van der Waals surface area contributed by atoms with Crippen LogP contribution >= 0.6 is 0 Å². The van der Waals surface area contributed by atoms with Crippen LogP contribution in [0.15, 0.2) is 54.6 Å². The summed E-state index contributed by atoms with van der Waals surface area (Å²) >= 11 is 0. The van der Waals surface area contributed by atoms with Gasteiger partial charge in [-0.2, -0.15) is 5.21 Å². The molecule has 0 aliphatic rings. The molecule has 0 spiro atoms. The number of hydrogen-bond acceptors (Lipinski definition) is 6. The van der Waals surface area contributed by atoms with E-state index in [0.29, 0.717) is 40.9 Å². The Hall–Kier alpha value is -3.94. The first-order valence-corrected chi connectivity index (χ1v) is 9.41. The van der Waals surface area contributed by atoms with Crippen LogP contribution in [0.3, 0.4) is 0 Å². The summed E-state index contributed by atoms with van der Waals surface area (Å²) in [4.78, 5) is 12.6. The third-order valence-corrected chi connectivity index (χ3v) is 4.81. The van der Waals surface area contributed by atoms with Crippen molar-refractivity contribution in [3.05, 3.63) is 71.4 Å². The molecule has 2 aromatic carbocycles. The molecule has 2 heterocycles. The van der Waals surface area contributed by atoms with Gasteiger partial charge in [0.2, 0.25) is 5.82 Å². The van der Waals surface area contributed by atoms with E-state index in [1.54, 1.807) is 7.11 Å². The van der Waals surface area contributed by atoms with Crippen molar-refractivity contribution < 1.29 is 14.3 Å². The third kappa shape index (κ3) is 3.55. The summed E-state index contributed by atoms with van der Waals surface area (Å²) in [5.74, 6) is 1.50. The van der Waals surface area contributed by atoms with Crippen molar-refractivity contribution in [1.29, 1.82) is 0 Å². The summed E-state index contributed by atoms with van der Waals surface area (Å²) in [6.45, 7) is 3.74. The maximum atomic E-state index is 12.6. The summed E-state index contributed by atoms with van der Waals surface area (Å²) in [5.41, 5.74) is 3.56. The number of carbonyl (C=O) groups excluding carboxylic acids is 1. The smallest absolute Gasteiger partial charge is 0.225 e. The van der Waals surface area contributed by atoms with Crippen molar-refractivity contribution in [2.75, 3.05) is 7.11 Å². The highest BCUT2D eigenvalue weighted by Gasteiger charge is 2.28. The number of methoxy groups -OCH3 is 1. The molecule has 1 N–H and O–H groups in total. The fourth-order valence-corrected chi connectivity index (χ4v) is 3.45. The quantitative estimate of drug-likeness (QED) is 0.472. The summed E-state index contributed by atoms with van der Waals surface area (Å²) in [6.07, 6.45) is 0. The van der Waals surface area contributed by atoms with Crippen molar-refractivity contribution in [2.24, 2.45) is 0 Å². The molecule has 8 heteroatoms. The number of H-pyrrole nitrogens is 1. The molecule has 0 aliphatic heterocycles. The van der Waals surface area contributed by atoms with E-state index < -0.39 is 0 Å². The lowest BCUT2D eigenvalue weighted by Gasteiger charge is -2.12. The highest BCUT2D eigenvalue weighted by atomic mass is 16.5. The van der Waals surface area contributed by atoms with Crippen LogP contribution in [0.1, 0.15) is 28.5 Å². The minimum absolute atomic E-state index is 0.0948. The number of nitrogens with one attached hydrogen (secondary N) is 1. The van der Waals surface area contributed by atoms with Gasteiger partial charge in [-0.15, -0.1) is 10.2 Å². The van der Waals surface area contributed by atoms with Gasteiger partial charge in [-0.3, -0.25) is 4.79 Å². The zero-order valence-electron chi connectivity index (χ0n) is 16.9. The first-order valence-electron chi connectivity index (χ1n) is 9.41. The average molecular weight is 403 g/mol. The molecule has 0 amide bonds. The van der Waals surface area contributed by atoms with Crippen molar-refractivity contribution >= 4 is 5.78 Å². The zero-order chi connectivity index (χ0) is 21.1. The summed E-state index contributed by atoms with van der Waals surface area (Å²) < 4.78 is 13.3. The number of aromatic nitrogens is 5. The molecule has 2 aromatic heterocycles. The van der Waals surface area contributed by atoms with E-state index in [2.05, 4.69) is 20.6 Å². The molecule has 30 heavy (non-hydrogen) atoms. The molecule has 0 aliphatic carbocycles. The molecule has 0 fully saturated rings. The molecular formula is C22H21N5O3. The Morgan fingerprint density at radius 3 is 2.43 bits per heavy atom. The molecular weight excluding hydrogens is 382 g/mol. The Morgan fingerprint density at radius 1 is 1.10 bits per heavy atom. The van der Waals surface area contributed by atoms with Gasteiger partial charge in [0.15, 0.2) is 11.5 Å². The van der Waals surface area contributed by atoms with E-state index in [4.69, 9.17) is 9.47 Å². The van der Waals surface area contributed by atoms with Crippen LogP contribution in [0, 0.1) is 6.92 Å². The van der Waals surface area contributed by atoms with Gasteiger partial charge in [0, 0.05) is 18.2 Å². The first-order chi connectivity index (χ1) is 14.6.